The number of ether oxygens (including phenoxy) is 3. The third-order valence-electron chi connectivity index (χ3n) is 5.34. The summed E-state index contributed by atoms with van der Waals surface area (Å²) >= 11 is 0. The van der Waals surface area contributed by atoms with E-state index in [9.17, 15) is 9.59 Å². The maximum atomic E-state index is 12.2. The Hall–Kier alpha value is -3.06. The molecule has 0 amide bonds. The van der Waals surface area contributed by atoms with Gasteiger partial charge in [-0.2, -0.15) is 0 Å². The van der Waals surface area contributed by atoms with Crippen LogP contribution in [0.25, 0.3) is 0 Å². The Balaban J connectivity index is 1.36. The van der Waals surface area contributed by atoms with E-state index in [2.05, 4.69) is 9.80 Å². The van der Waals surface area contributed by atoms with E-state index in [1.807, 2.05) is 43.3 Å². The van der Waals surface area contributed by atoms with Gasteiger partial charge in [-0.05, 0) is 62.7 Å². The number of carbonyl (C=O) groups is 2. The highest BCUT2D eigenvalue weighted by Gasteiger charge is 2.21. The summed E-state index contributed by atoms with van der Waals surface area (Å²) in [5, 5.41) is 0. The molecule has 0 atom stereocenters. The molecule has 0 bridgehead atoms. The Morgan fingerprint density at radius 1 is 0.906 bits per heavy atom. The lowest BCUT2D eigenvalue weighted by molar-refractivity contribution is -0.131. The predicted molar refractivity (Wildman–Crippen MR) is 124 cm³/mol. The lowest BCUT2D eigenvalue weighted by Crippen LogP contribution is -2.47. The van der Waals surface area contributed by atoms with Crippen LogP contribution in [0.2, 0.25) is 0 Å². The van der Waals surface area contributed by atoms with Gasteiger partial charge in [0, 0.05) is 33.1 Å². The van der Waals surface area contributed by atoms with Crippen LogP contribution in [0, 0.1) is 0 Å². The molecule has 2 aromatic carbocycles. The average Bonchev–Trinajstić information content (AvgIpc) is 2.80. The first-order chi connectivity index (χ1) is 15.6. The van der Waals surface area contributed by atoms with E-state index in [0.29, 0.717) is 24.5 Å². The minimum Gasteiger partial charge on any atom is -0.494 e. The first-order valence-corrected chi connectivity index (χ1v) is 11.2. The molecule has 2 aromatic rings. The van der Waals surface area contributed by atoms with Crippen molar-refractivity contribution in [3.63, 3.8) is 0 Å². The molecule has 0 N–H and O–H groups in total. The fraction of sp³-hybridized carbons (Fsp3) is 0.440. The zero-order chi connectivity index (χ0) is 22.8. The maximum Gasteiger partial charge on any atom is 0.340 e. The van der Waals surface area contributed by atoms with Gasteiger partial charge in [0.15, 0.2) is 0 Å². The minimum atomic E-state index is -0.331. The number of nitrogens with zero attached hydrogens (tertiary/aromatic N) is 2. The number of para-hydroxylation sites is 1. The molecule has 0 aromatic heterocycles. The van der Waals surface area contributed by atoms with E-state index in [1.165, 1.54) is 6.92 Å². The van der Waals surface area contributed by atoms with Crippen molar-refractivity contribution in [2.24, 2.45) is 0 Å². The number of anilines is 1. The number of unbranched alkanes of at least 4 members (excludes halogenated alkanes) is 1. The Bertz CT molecular complexity index is 876. The molecule has 7 heteroatoms. The van der Waals surface area contributed by atoms with Crippen molar-refractivity contribution in [2.45, 2.75) is 26.7 Å². The van der Waals surface area contributed by atoms with Gasteiger partial charge in [0.2, 0.25) is 0 Å². The van der Waals surface area contributed by atoms with Crippen molar-refractivity contribution in [3.8, 4) is 11.5 Å². The molecule has 0 aliphatic carbocycles. The van der Waals surface area contributed by atoms with Crippen LogP contribution in [0.1, 0.15) is 37.0 Å². The van der Waals surface area contributed by atoms with Crippen molar-refractivity contribution in [1.29, 1.82) is 0 Å². The maximum absolute atomic E-state index is 12.2. The molecule has 1 fully saturated rings. The number of rotatable bonds is 10. The third kappa shape index (κ3) is 6.99. The zero-order valence-corrected chi connectivity index (χ0v) is 18.9. The van der Waals surface area contributed by atoms with Crippen LogP contribution in [-0.4, -0.2) is 62.8 Å². The molecule has 0 spiro atoms. The summed E-state index contributed by atoms with van der Waals surface area (Å²) in [5.41, 5.74) is 1.60. The first kappa shape index (κ1) is 23.6. The number of carbonyl (C=O) groups excluding carboxylic acids is 2. The van der Waals surface area contributed by atoms with Crippen LogP contribution < -0.4 is 14.4 Å². The van der Waals surface area contributed by atoms with Crippen LogP contribution in [-0.2, 0) is 9.53 Å². The second-order valence-corrected chi connectivity index (χ2v) is 7.69. The van der Waals surface area contributed by atoms with E-state index in [1.54, 1.807) is 12.1 Å². The third-order valence-corrected chi connectivity index (χ3v) is 5.34. The van der Waals surface area contributed by atoms with E-state index in [4.69, 9.17) is 14.2 Å². The molecule has 32 heavy (non-hydrogen) atoms. The molecule has 0 unspecified atom stereocenters. The molecule has 0 radical (unpaired) electrons. The van der Waals surface area contributed by atoms with Crippen LogP contribution >= 0.6 is 0 Å². The Labute approximate surface area is 189 Å². The predicted octanol–water partition coefficient (Wildman–Crippen LogP) is 3.77. The smallest absolute Gasteiger partial charge is 0.340 e. The molecule has 172 valence electrons. The highest BCUT2D eigenvalue weighted by Crippen LogP contribution is 2.23. The monoisotopic (exact) mass is 440 g/mol. The highest BCUT2D eigenvalue weighted by atomic mass is 16.5. The fourth-order valence-corrected chi connectivity index (χ4v) is 3.74. The molecular formula is C25H32N2O5. The normalized spacial score (nSPS) is 14.1. The topological polar surface area (TPSA) is 68.3 Å². The second kappa shape index (κ2) is 12.1. The van der Waals surface area contributed by atoms with Crippen molar-refractivity contribution in [2.75, 3.05) is 50.8 Å². The number of hydrogen-bond donors (Lipinski definition) is 0. The van der Waals surface area contributed by atoms with Crippen molar-refractivity contribution in [1.82, 2.24) is 4.90 Å². The number of esters is 2. The second-order valence-electron chi connectivity index (χ2n) is 7.69. The summed E-state index contributed by atoms with van der Waals surface area (Å²) in [6.45, 7) is 8.99. The van der Waals surface area contributed by atoms with Gasteiger partial charge < -0.3 is 19.1 Å². The van der Waals surface area contributed by atoms with E-state index < -0.39 is 0 Å². The minimum absolute atomic E-state index is 0.258. The molecule has 1 aliphatic heterocycles. The van der Waals surface area contributed by atoms with Crippen LogP contribution in [0.3, 0.4) is 0 Å². The van der Waals surface area contributed by atoms with Gasteiger partial charge in [0.05, 0.1) is 24.5 Å². The fourth-order valence-electron chi connectivity index (χ4n) is 3.74. The van der Waals surface area contributed by atoms with Gasteiger partial charge in [-0.3, -0.25) is 9.69 Å². The van der Waals surface area contributed by atoms with Gasteiger partial charge in [-0.1, -0.05) is 12.1 Å². The standard InChI is InChI=1S/C25H32N2O5/c1-3-30-25(29)23-8-4-5-9-24(23)27-17-15-26(16-18-27)14-6-7-19-31-21-10-12-22(13-11-21)32-20(2)28/h4-5,8-13H,3,6-7,14-19H2,1-2H3. The van der Waals surface area contributed by atoms with Crippen LogP contribution in [0.5, 0.6) is 11.5 Å². The lowest BCUT2D eigenvalue weighted by Gasteiger charge is -2.36. The van der Waals surface area contributed by atoms with Gasteiger partial charge in [0.25, 0.3) is 0 Å². The molecule has 1 heterocycles. The van der Waals surface area contributed by atoms with Crippen LogP contribution in [0.15, 0.2) is 48.5 Å². The van der Waals surface area contributed by atoms with Gasteiger partial charge in [0.1, 0.15) is 11.5 Å². The van der Waals surface area contributed by atoms with E-state index >= 15 is 0 Å². The molecular weight excluding hydrogens is 408 g/mol. The quantitative estimate of drug-likeness (QED) is 0.316. The summed E-state index contributed by atoms with van der Waals surface area (Å²) in [4.78, 5) is 27.9. The zero-order valence-electron chi connectivity index (χ0n) is 18.9. The SMILES string of the molecule is CCOC(=O)c1ccccc1N1CCN(CCCCOc2ccc(OC(C)=O)cc2)CC1. The average molecular weight is 441 g/mol. The molecule has 7 nitrogen and oxygen atoms in total. The largest absolute Gasteiger partial charge is 0.494 e. The summed E-state index contributed by atoms with van der Waals surface area (Å²) in [5.74, 6) is 0.706. The highest BCUT2D eigenvalue weighted by molar-refractivity contribution is 5.95. The summed E-state index contributed by atoms with van der Waals surface area (Å²) in [7, 11) is 0. The van der Waals surface area contributed by atoms with E-state index in [0.717, 1.165) is 57.0 Å². The van der Waals surface area contributed by atoms with Crippen molar-refractivity contribution in [3.05, 3.63) is 54.1 Å². The summed E-state index contributed by atoms with van der Waals surface area (Å²) in [6, 6.07) is 14.8. The van der Waals surface area contributed by atoms with Crippen molar-refractivity contribution < 1.29 is 23.8 Å². The number of benzene rings is 2. The summed E-state index contributed by atoms with van der Waals surface area (Å²) < 4.78 is 16.0. The van der Waals surface area contributed by atoms with E-state index in [-0.39, 0.29) is 11.9 Å². The van der Waals surface area contributed by atoms with Gasteiger partial charge in [-0.15, -0.1) is 0 Å². The molecule has 0 saturated carbocycles. The van der Waals surface area contributed by atoms with Crippen molar-refractivity contribution >= 4 is 17.6 Å². The van der Waals surface area contributed by atoms with Gasteiger partial charge in [-0.25, -0.2) is 4.79 Å². The lowest BCUT2D eigenvalue weighted by atomic mass is 10.1. The summed E-state index contributed by atoms with van der Waals surface area (Å²) in [6.07, 6.45) is 2.03. The Morgan fingerprint density at radius 3 is 2.28 bits per heavy atom. The molecule has 1 aliphatic rings. The molecule has 3 rings (SSSR count). The Kier molecular flexibility index (Phi) is 8.92. The molecule has 1 saturated heterocycles. The Morgan fingerprint density at radius 2 is 1.59 bits per heavy atom. The first-order valence-electron chi connectivity index (χ1n) is 11.2. The number of piperazine rings is 1. The van der Waals surface area contributed by atoms with Crippen LogP contribution in [0.4, 0.5) is 5.69 Å². The van der Waals surface area contributed by atoms with Gasteiger partial charge >= 0.3 is 11.9 Å². The number of hydrogen-bond acceptors (Lipinski definition) is 7.